The maximum absolute atomic E-state index is 14.8. The van der Waals surface area contributed by atoms with Crippen molar-refractivity contribution < 1.29 is 27.5 Å². The molecule has 0 radical (unpaired) electrons. The van der Waals surface area contributed by atoms with Crippen LogP contribution in [-0.2, 0) is 4.74 Å². The predicted molar refractivity (Wildman–Crippen MR) is 160 cm³/mol. The minimum absolute atomic E-state index is 0.00961. The van der Waals surface area contributed by atoms with Gasteiger partial charge in [-0.3, -0.25) is 9.79 Å². The Hall–Kier alpha value is -3.08. The number of amides is 2. The Balaban J connectivity index is 1.53. The molecule has 2 N–H and O–H groups in total. The lowest BCUT2D eigenvalue weighted by molar-refractivity contribution is 0.0462. The number of allylic oxidation sites excluding steroid dienone is 4. The highest BCUT2D eigenvalue weighted by atomic mass is 32.2. The Morgan fingerprint density at radius 2 is 1.83 bits per heavy atom. The molecule has 7 nitrogen and oxygen atoms in total. The number of hydrogen-bond donors (Lipinski definition) is 2. The molecule has 4 rings (SSSR count). The van der Waals surface area contributed by atoms with E-state index in [1.54, 1.807) is 12.5 Å². The molecule has 0 aromatic carbocycles. The zero-order valence-corrected chi connectivity index (χ0v) is 25.7. The Kier molecular flexibility index (Phi) is 9.90. The smallest absolute Gasteiger partial charge is 0.407 e. The first-order valence-electron chi connectivity index (χ1n) is 14.3. The normalized spacial score (nSPS) is 28.1. The van der Waals surface area contributed by atoms with Crippen molar-refractivity contribution >= 4 is 35.6 Å². The lowest BCUT2D eigenvalue weighted by Gasteiger charge is -2.41. The quantitative estimate of drug-likeness (QED) is 0.361. The molecule has 2 aliphatic carbocycles. The van der Waals surface area contributed by atoms with Crippen LogP contribution in [0.5, 0.6) is 0 Å². The number of pyridine rings is 1. The van der Waals surface area contributed by atoms with Crippen LogP contribution in [-0.4, -0.2) is 46.3 Å². The summed E-state index contributed by atoms with van der Waals surface area (Å²) in [5.74, 6) is -2.95. The number of carbonyl (C=O) groups excluding carboxylic acids is 2. The van der Waals surface area contributed by atoms with E-state index in [2.05, 4.69) is 27.5 Å². The fourth-order valence-electron chi connectivity index (χ4n) is 6.11. The van der Waals surface area contributed by atoms with Crippen LogP contribution in [0.3, 0.4) is 0 Å². The molecule has 2 heterocycles. The van der Waals surface area contributed by atoms with Gasteiger partial charge in [-0.05, 0) is 76.3 Å². The number of hydrogen-bond acceptors (Lipinski definition) is 6. The number of halogens is 3. The summed E-state index contributed by atoms with van der Waals surface area (Å²) in [7, 11) is 0. The Morgan fingerprint density at radius 3 is 2.50 bits per heavy atom. The van der Waals surface area contributed by atoms with Crippen LogP contribution in [0.2, 0.25) is 0 Å². The summed E-state index contributed by atoms with van der Waals surface area (Å²) in [6, 6.07) is 2.09. The lowest BCUT2D eigenvalue weighted by Crippen LogP contribution is -2.46. The minimum Gasteiger partial charge on any atom is -0.444 e. The van der Waals surface area contributed by atoms with Crippen LogP contribution < -0.4 is 10.6 Å². The van der Waals surface area contributed by atoms with E-state index in [1.807, 2.05) is 33.9 Å². The minimum atomic E-state index is -0.921. The molecule has 5 unspecified atom stereocenters. The standard InChI is InChI=1S/C31H39F3N4O3S/c1-16-9-18(11-19(10-16)36-30(40)41-31(3,4)5)26-17(2)14-35-15-25(26)38-29(39)24-8-7-21(32)28(37-24)27-22(33)12-20(42-6)13-23(27)34/h7-8,12,14-20,26H,9-11,13H2,1-6H3,(H,36,40)(H,38,39)/t16-,17?,18?,19?,20?,26?/m0/s1. The number of carbonyl (C=O) groups is 2. The summed E-state index contributed by atoms with van der Waals surface area (Å²) in [6.07, 6.45) is 8.25. The first-order chi connectivity index (χ1) is 19.8. The summed E-state index contributed by atoms with van der Waals surface area (Å²) >= 11 is 1.29. The van der Waals surface area contributed by atoms with Crippen molar-refractivity contribution in [3.05, 3.63) is 59.0 Å². The van der Waals surface area contributed by atoms with Crippen molar-refractivity contribution in [2.75, 3.05) is 6.26 Å². The maximum atomic E-state index is 14.8. The molecule has 0 spiro atoms. The van der Waals surface area contributed by atoms with Crippen LogP contribution in [0, 0.1) is 29.5 Å². The van der Waals surface area contributed by atoms with E-state index < -0.39 is 51.6 Å². The molecule has 1 aliphatic heterocycles. The number of alkyl carbamates (subject to hydrolysis) is 1. The van der Waals surface area contributed by atoms with Crippen LogP contribution in [0.4, 0.5) is 18.0 Å². The summed E-state index contributed by atoms with van der Waals surface area (Å²) in [5.41, 5.74) is -1.29. The van der Waals surface area contributed by atoms with Crippen molar-refractivity contribution in [2.45, 2.75) is 77.2 Å². The second-order valence-corrected chi connectivity index (χ2v) is 13.5. The first-order valence-corrected chi connectivity index (χ1v) is 15.5. The number of aromatic nitrogens is 1. The van der Waals surface area contributed by atoms with Crippen molar-refractivity contribution in [3.8, 4) is 0 Å². The monoisotopic (exact) mass is 604 g/mol. The second-order valence-electron chi connectivity index (χ2n) is 12.4. The van der Waals surface area contributed by atoms with Crippen molar-refractivity contribution in [3.63, 3.8) is 0 Å². The van der Waals surface area contributed by atoms with Gasteiger partial charge in [-0.15, -0.1) is 0 Å². The number of nitrogens with one attached hydrogen (secondary N) is 2. The van der Waals surface area contributed by atoms with E-state index in [9.17, 15) is 22.8 Å². The average molecular weight is 605 g/mol. The summed E-state index contributed by atoms with van der Waals surface area (Å²) in [5, 5.41) is 5.50. The van der Waals surface area contributed by atoms with Gasteiger partial charge in [-0.2, -0.15) is 11.8 Å². The molecule has 0 saturated heterocycles. The molecule has 1 aromatic rings. The number of ether oxygens (including phenoxy) is 1. The van der Waals surface area contributed by atoms with Gasteiger partial charge in [0.15, 0.2) is 0 Å². The van der Waals surface area contributed by atoms with Gasteiger partial charge in [0.25, 0.3) is 5.91 Å². The highest BCUT2D eigenvalue weighted by Crippen LogP contribution is 2.41. The van der Waals surface area contributed by atoms with E-state index >= 15 is 0 Å². The highest BCUT2D eigenvalue weighted by Gasteiger charge is 2.38. The Morgan fingerprint density at radius 1 is 1.10 bits per heavy atom. The first kappa shape index (κ1) is 31.8. The van der Waals surface area contributed by atoms with Gasteiger partial charge in [0.1, 0.15) is 34.5 Å². The average Bonchev–Trinajstić information content (AvgIpc) is 2.87. The zero-order chi connectivity index (χ0) is 30.8. The molecule has 1 aromatic heterocycles. The number of aliphatic imine (C=N–C) groups is 1. The van der Waals surface area contributed by atoms with Crippen molar-refractivity contribution in [1.82, 2.24) is 15.6 Å². The van der Waals surface area contributed by atoms with Gasteiger partial charge in [0.05, 0.1) is 5.57 Å². The van der Waals surface area contributed by atoms with Crippen molar-refractivity contribution in [2.24, 2.45) is 28.7 Å². The third-order valence-electron chi connectivity index (χ3n) is 7.77. The molecule has 228 valence electrons. The van der Waals surface area contributed by atoms with Gasteiger partial charge in [-0.25, -0.2) is 22.9 Å². The Labute approximate surface area is 249 Å². The van der Waals surface area contributed by atoms with Gasteiger partial charge in [0.2, 0.25) is 0 Å². The number of thioether (sulfide) groups is 1. The van der Waals surface area contributed by atoms with Gasteiger partial charge in [0, 0.05) is 47.7 Å². The third-order valence-corrected chi connectivity index (χ3v) is 8.68. The van der Waals surface area contributed by atoms with Gasteiger partial charge in [-0.1, -0.05) is 13.8 Å². The summed E-state index contributed by atoms with van der Waals surface area (Å²) in [6.45, 7) is 9.61. The molecular formula is C31H39F3N4O3S. The van der Waals surface area contributed by atoms with E-state index in [-0.39, 0.29) is 35.9 Å². The van der Waals surface area contributed by atoms with Crippen LogP contribution in [0.15, 0.2) is 46.8 Å². The molecule has 2 amide bonds. The van der Waals surface area contributed by atoms with E-state index in [1.165, 1.54) is 23.9 Å². The topological polar surface area (TPSA) is 92.7 Å². The molecule has 0 bridgehead atoms. The van der Waals surface area contributed by atoms with Gasteiger partial charge >= 0.3 is 6.09 Å². The van der Waals surface area contributed by atoms with Gasteiger partial charge < -0.3 is 15.4 Å². The molecule has 6 atom stereocenters. The van der Waals surface area contributed by atoms with Crippen molar-refractivity contribution in [1.29, 1.82) is 0 Å². The molecule has 3 aliphatic rings. The summed E-state index contributed by atoms with van der Waals surface area (Å²) in [4.78, 5) is 34.2. The molecule has 11 heteroatoms. The van der Waals surface area contributed by atoms with E-state index in [4.69, 9.17) is 4.74 Å². The highest BCUT2D eigenvalue weighted by molar-refractivity contribution is 7.99. The number of nitrogens with zero attached hydrogens (tertiary/aromatic N) is 2. The largest absolute Gasteiger partial charge is 0.444 e. The molecule has 42 heavy (non-hydrogen) atoms. The zero-order valence-electron chi connectivity index (χ0n) is 24.8. The van der Waals surface area contributed by atoms with Crippen LogP contribution in [0.1, 0.15) is 76.5 Å². The van der Waals surface area contributed by atoms with Crippen LogP contribution in [0.25, 0.3) is 5.57 Å². The second kappa shape index (κ2) is 13.1. The number of rotatable bonds is 6. The van der Waals surface area contributed by atoms with Crippen LogP contribution >= 0.6 is 11.8 Å². The third kappa shape index (κ3) is 7.65. The SMILES string of the molecule is CSC1C=C(F)C(c2nc(C(=O)NC3=CN=CC(C)C3C3CC(NC(=O)OC(C)(C)C)C[C@@H](C)C3)ccc2F)=C(F)C1. The van der Waals surface area contributed by atoms with E-state index in [0.717, 1.165) is 18.9 Å². The Bertz CT molecular complexity index is 1340. The fourth-order valence-corrected chi connectivity index (χ4v) is 6.68. The summed E-state index contributed by atoms with van der Waals surface area (Å²) < 4.78 is 49.9. The predicted octanol–water partition coefficient (Wildman–Crippen LogP) is 7.13. The molecule has 1 saturated carbocycles. The maximum Gasteiger partial charge on any atom is 0.407 e. The molecule has 1 fully saturated rings. The lowest BCUT2D eigenvalue weighted by atomic mass is 9.68. The molecular weight excluding hydrogens is 565 g/mol. The fraction of sp³-hybridized carbons (Fsp3) is 0.548. The van der Waals surface area contributed by atoms with E-state index in [0.29, 0.717) is 18.0 Å².